The molecular formula is C14H18N2O4. The second-order valence-corrected chi connectivity index (χ2v) is 4.38. The summed E-state index contributed by atoms with van der Waals surface area (Å²) in [6, 6.07) is 6.55. The van der Waals surface area contributed by atoms with Gasteiger partial charge in [-0.15, -0.1) is 0 Å². The normalized spacial score (nSPS) is 10.3. The van der Waals surface area contributed by atoms with E-state index in [1.54, 1.807) is 31.2 Å². The Morgan fingerprint density at radius 1 is 1.15 bits per heavy atom. The Kier molecular flexibility index (Phi) is 5.86. The molecule has 0 saturated heterocycles. The first-order chi connectivity index (χ1) is 9.42. The smallest absolute Gasteiger partial charge is 0.317 e. The first-order valence-corrected chi connectivity index (χ1v) is 6.27. The quantitative estimate of drug-likeness (QED) is 0.733. The van der Waals surface area contributed by atoms with E-state index >= 15 is 0 Å². The van der Waals surface area contributed by atoms with Gasteiger partial charge in [0, 0.05) is 11.3 Å². The Balaban J connectivity index is 2.57. The van der Waals surface area contributed by atoms with Crippen LogP contribution in [0.5, 0.6) is 0 Å². The maximum atomic E-state index is 11.8. The Morgan fingerprint density at radius 2 is 1.75 bits per heavy atom. The highest BCUT2D eigenvalue weighted by Crippen LogP contribution is 2.10. The van der Waals surface area contributed by atoms with Crippen LogP contribution in [0, 0.1) is 0 Å². The number of ketones is 1. The maximum absolute atomic E-state index is 11.8. The summed E-state index contributed by atoms with van der Waals surface area (Å²) >= 11 is 0. The van der Waals surface area contributed by atoms with Gasteiger partial charge in [0.2, 0.25) is 5.91 Å². The third kappa shape index (κ3) is 5.19. The molecule has 0 fully saturated rings. The van der Waals surface area contributed by atoms with Gasteiger partial charge in [-0.1, -0.05) is 6.92 Å². The van der Waals surface area contributed by atoms with Crippen LogP contribution in [0.4, 0.5) is 5.69 Å². The van der Waals surface area contributed by atoms with Crippen molar-refractivity contribution in [2.75, 3.05) is 25.0 Å². The molecule has 0 aliphatic heterocycles. The van der Waals surface area contributed by atoms with E-state index in [0.29, 0.717) is 17.8 Å². The minimum atomic E-state index is -0.967. The number of nitrogens with one attached hydrogen (secondary N) is 1. The summed E-state index contributed by atoms with van der Waals surface area (Å²) in [5.74, 6) is -1.30. The van der Waals surface area contributed by atoms with Crippen molar-refractivity contribution in [3.63, 3.8) is 0 Å². The molecule has 108 valence electrons. The summed E-state index contributed by atoms with van der Waals surface area (Å²) in [6.07, 6.45) is 0. The molecule has 0 heterocycles. The molecule has 0 aliphatic rings. The maximum Gasteiger partial charge on any atom is 0.317 e. The lowest BCUT2D eigenvalue weighted by atomic mass is 10.1. The fourth-order valence-corrected chi connectivity index (χ4v) is 1.66. The zero-order valence-corrected chi connectivity index (χ0v) is 11.5. The monoisotopic (exact) mass is 278 g/mol. The Hall–Kier alpha value is -2.21. The Labute approximate surface area is 117 Å². The molecule has 6 nitrogen and oxygen atoms in total. The molecule has 0 aromatic heterocycles. The van der Waals surface area contributed by atoms with Crippen molar-refractivity contribution in [1.82, 2.24) is 4.90 Å². The SMILES string of the molecule is CCN(CC(=O)O)CC(=O)Nc1ccc(C(C)=O)cc1. The number of likely N-dealkylation sites (N-methyl/N-ethyl adjacent to an activating group) is 1. The predicted molar refractivity (Wildman–Crippen MR) is 74.8 cm³/mol. The van der Waals surface area contributed by atoms with Crippen LogP contribution in [0.3, 0.4) is 0 Å². The van der Waals surface area contributed by atoms with Crippen LogP contribution in [0.25, 0.3) is 0 Å². The number of hydrogen-bond acceptors (Lipinski definition) is 4. The van der Waals surface area contributed by atoms with Gasteiger partial charge in [-0.2, -0.15) is 0 Å². The summed E-state index contributed by atoms with van der Waals surface area (Å²) in [7, 11) is 0. The fraction of sp³-hybridized carbons (Fsp3) is 0.357. The van der Waals surface area contributed by atoms with Gasteiger partial charge in [0.25, 0.3) is 0 Å². The second kappa shape index (κ2) is 7.40. The molecule has 0 unspecified atom stereocenters. The number of Topliss-reactive ketones (excluding diaryl/α,β-unsaturated/α-hetero) is 1. The number of rotatable bonds is 7. The average Bonchev–Trinajstić information content (AvgIpc) is 2.37. The van der Waals surface area contributed by atoms with Crippen LogP contribution in [0.2, 0.25) is 0 Å². The fourth-order valence-electron chi connectivity index (χ4n) is 1.66. The van der Waals surface area contributed by atoms with Crippen LogP contribution < -0.4 is 5.32 Å². The van der Waals surface area contributed by atoms with Gasteiger partial charge in [-0.25, -0.2) is 0 Å². The van der Waals surface area contributed by atoms with E-state index in [1.807, 2.05) is 0 Å². The van der Waals surface area contributed by atoms with E-state index in [9.17, 15) is 14.4 Å². The van der Waals surface area contributed by atoms with Gasteiger partial charge in [0.15, 0.2) is 5.78 Å². The number of carbonyl (C=O) groups is 3. The standard InChI is InChI=1S/C14H18N2O4/c1-3-16(9-14(19)20)8-13(18)15-12-6-4-11(5-7-12)10(2)17/h4-7H,3,8-9H2,1-2H3,(H,15,18)(H,19,20). The molecule has 0 atom stereocenters. The molecule has 1 aromatic rings. The second-order valence-electron chi connectivity index (χ2n) is 4.38. The minimum Gasteiger partial charge on any atom is -0.480 e. The van der Waals surface area contributed by atoms with E-state index in [0.717, 1.165) is 0 Å². The lowest BCUT2D eigenvalue weighted by molar-refractivity contribution is -0.138. The summed E-state index contributed by atoms with van der Waals surface area (Å²) < 4.78 is 0. The molecule has 0 saturated carbocycles. The molecule has 0 aliphatic carbocycles. The number of anilines is 1. The van der Waals surface area contributed by atoms with Crippen LogP contribution in [-0.4, -0.2) is 47.3 Å². The predicted octanol–water partition coefficient (Wildman–Crippen LogP) is 1.23. The highest BCUT2D eigenvalue weighted by molar-refractivity contribution is 5.96. The topological polar surface area (TPSA) is 86.7 Å². The number of carboxylic acids is 1. The molecule has 0 radical (unpaired) electrons. The third-order valence-electron chi connectivity index (χ3n) is 2.75. The highest BCUT2D eigenvalue weighted by atomic mass is 16.4. The number of nitrogens with zero attached hydrogens (tertiary/aromatic N) is 1. The number of carbonyl (C=O) groups excluding carboxylic acids is 2. The molecule has 1 rings (SSSR count). The van der Waals surface area contributed by atoms with Gasteiger partial charge in [0.1, 0.15) is 0 Å². The van der Waals surface area contributed by atoms with E-state index in [4.69, 9.17) is 5.11 Å². The van der Waals surface area contributed by atoms with Crippen molar-refractivity contribution in [1.29, 1.82) is 0 Å². The van der Waals surface area contributed by atoms with Gasteiger partial charge in [0.05, 0.1) is 13.1 Å². The van der Waals surface area contributed by atoms with Crippen LogP contribution in [0.1, 0.15) is 24.2 Å². The van der Waals surface area contributed by atoms with E-state index in [-0.39, 0.29) is 24.8 Å². The molecule has 6 heteroatoms. The van der Waals surface area contributed by atoms with Gasteiger partial charge < -0.3 is 10.4 Å². The lowest BCUT2D eigenvalue weighted by Gasteiger charge is -2.17. The number of benzene rings is 1. The summed E-state index contributed by atoms with van der Waals surface area (Å²) in [5.41, 5.74) is 1.15. The van der Waals surface area contributed by atoms with Gasteiger partial charge in [-0.05, 0) is 37.7 Å². The van der Waals surface area contributed by atoms with Crippen molar-refractivity contribution < 1.29 is 19.5 Å². The molecular weight excluding hydrogens is 260 g/mol. The first kappa shape index (κ1) is 15.8. The van der Waals surface area contributed by atoms with Crippen LogP contribution >= 0.6 is 0 Å². The molecule has 1 amide bonds. The van der Waals surface area contributed by atoms with Crippen molar-refractivity contribution in [3.8, 4) is 0 Å². The number of hydrogen-bond donors (Lipinski definition) is 2. The lowest BCUT2D eigenvalue weighted by Crippen LogP contribution is -2.36. The summed E-state index contributed by atoms with van der Waals surface area (Å²) in [4.78, 5) is 35.0. The van der Waals surface area contributed by atoms with Gasteiger partial charge in [-0.3, -0.25) is 19.3 Å². The summed E-state index contributed by atoms with van der Waals surface area (Å²) in [6.45, 7) is 3.57. The first-order valence-electron chi connectivity index (χ1n) is 6.27. The largest absolute Gasteiger partial charge is 0.480 e. The Bertz CT molecular complexity index is 496. The van der Waals surface area contributed by atoms with Crippen LogP contribution in [0.15, 0.2) is 24.3 Å². The Morgan fingerprint density at radius 3 is 2.20 bits per heavy atom. The van der Waals surface area contributed by atoms with E-state index in [1.165, 1.54) is 11.8 Å². The zero-order chi connectivity index (χ0) is 15.1. The zero-order valence-electron chi connectivity index (χ0n) is 11.5. The molecule has 0 spiro atoms. The average molecular weight is 278 g/mol. The number of aliphatic carboxylic acids is 1. The molecule has 1 aromatic carbocycles. The molecule has 2 N–H and O–H groups in total. The number of carboxylic acid groups (broad SMARTS) is 1. The van der Waals surface area contributed by atoms with Crippen molar-refractivity contribution >= 4 is 23.3 Å². The van der Waals surface area contributed by atoms with Crippen molar-refractivity contribution in [3.05, 3.63) is 29.8 Å². The van der Waals surface area contributed by atoms with Crippen molar-refractivity contribution in [2.24, 2.45) is 0 Å². The van der Waals surface area contributed by atoms with Gasteiger partial charge >= 0.3 is 5.97 Å². The highest BCUT2D eigenvalue weighted by Gasteiger charge is 2.12. The van der Waals surface area contributed by atoms with Crippen molar-refractivity contribution in [2.45, 2.75) is 13.8 Å². The van der Waals surface area contributed by atoms with Crippen LogP contribution in [-0.2, 0) is 9.59 Å². The van der Waals surface area contributed by atoms with E-state index < -0.39 is 5.97 Å². The van der Waals surface area contributed by atoms with E-state index in [2.05, 4.69) is 5.32 Å². The molecule has 20 heavy (non-hydrogen) atoms. The summed E-state index contributed by atoms with van der Waals surface area (Å²) in [5, 5.41) is 11.4. The molecule has 0 bridgehead atoms. The third-order valence-corrected chi connectivity index (χ3v) is 2.75. The minimum absolute atomic E-state index is 0.0112. The number of amides is 1.